The van der Waals surface area contributed by atoms with Gasteiger partial charge in [-0.1, -0.05) is 12.1 Å². The van der Waals surface area contributed by atoms with Gasteiger partial charge in [0.2, 0.25) is 0 Å². The summed E-state index contributed by atoms with van der Waals surface area (Å²) in [6, 6.07) is 12.8. The van der Waals surface area contributed by atoms with Crippen LogP contribution in [0.4, 0.5) is 11.6 Å². The van der Waals surface area contributed by atoms with E-state index in [1.54, 1.807) is 36.4 Å². The average Bonchev–Trinajstić information content (AvgIpc) is 3.09. The highest BCUT2D eigenvalue weighted by Gasteiger charge is 2.16. The molecule has 7 nitrogen and oxygen atoms in total. The smallest absolute Gasteiger partial charge is 0.260 e. The van der Waals surface area contributed by atoms with E-state index < -0.39 is 0 Å². The number of H-pyrrole nitrogens is 1. The molecule has 25 heavy (non-hydrogen) atoms. The van der Waals surface area contributed by atoms with Crippen molar-refractivity contribution in [1.29, 1.82) is 0 Å². The van der Waals surface area contributed by atoms with Gasteiger partial charge in [0, 0.05) is 31.9 Å². The Kier molecular flexibility index (Phi) is 4.65. The first-order valence-electron chi connectivity index (χ1n) is 7.72. The molecule has 0 aliphatic carbocycles. The van der Waals surface area contributed by atoms with Gasteiger partial charge >= 0.3 is 0 Å². The maximum Gasteiger partial charge on any atom is 0.260 e. The topological polar surface area (TPSA) is 83.1 Å². The van der Waals surface area contributed by atoms with E-state index in [0.29, 0.717) is 17.2 Å². The minimum absolute atomic E-state index is 0.269. The lowest BCUT2D eigenvalue weighted by Crippen LogP contribution is -2.19. The first kappa shape index (κ1) is 16.5. The van der Waals surface area contributed by atoms with Crippen LogP contribution in [0.1, 0.15) is 10.4 Å². The van der Waals surface area contributed by atoms with Crippen molar-refractivity contribution >= 4 is 17.5 Å². The van der Waals surface area contributed by atoms with E-state index in [0.717, 1.165) is 17.0 Å². The number of nitrogens with one attached hydrogen (secondary N) is 2. The normalized spacial score (nSPS) is 10.4. The molecular weight excluding hydrogens is 318 g/mol. The lowest BCUT2D eigenvalue weighted by Gasteiger charge is -2.14. The van der Waals surface area contributed by atoms with Crippen molar-refractivity contribution in [1.82, 2.24) is 15.2 Å². The number of rotatable bonds is 5. The van der Waals surface area contributed by atoms with Crippen LogP contribution in [0.15, 0.2) is 48.7 Å². The number of pyridine rings is 1. The van der Waals surface area contributed by atoms with Gasteiger partial charge in [-0.05, 0) is 24.3 Å². The standard InChI is InChI=1S/C18H19N5O2/c1-23(2)17-13(8-6-10-19-17)18(24)20-16-11-14(21-22-16)12-7-4-5-9-15(12)25-3/h4-11H,1-3H3,(H2,20,21,22,24). The third-order valence-corrected chi connectivity index (χ3v) is 3.67. The number of aromatic nitrogens is 3. The molecule has 1 amide bonds. The van der Waals surface area contributed by atoms with Gasteiger partial charge in [0.1, 0.15) is 11.6 Å². The number of hydrogen-bond acceptors (Lipinski definition) is 5. The van der Waals surface area contributed by atoms with Crippen LogP contribution >= 0.6 is 0 Å². The molecule has 0 saturated carbocycles. The number of anilines is 2. The SMILES string of the molecule is COc1ccccc1-c1cc(NC(=O)c2cccnc2N(C)C)n[nH]1. The van der Waals surface area contributed by atoms with Gasteiger partial charge in [-0.3, -0.25) is 9.89 Å². The molecule has 0 atom stereocenters. The fourth-order valence-corrected chi connectivity index (χ4v) is 2.51. The van der Waals surface area contributed by atoms with Crippen molar-refractivity contribution in [3.05, 3.63) is 54.2 Å². The Morgan fingerprint density at radius 1 is 1.20 bits per heavy atom. The van der Waals surface area contributed by atoms with E-state index >= 15 is 0 Å². The zero-order valence-corrected chi connectivity index (χ0v) is 14.3. The van der Waals surface area contributed by atoms with Crippen LogP contribution in [-0.2, 0) is 0 Å². The number of methoxy groups -OCH3 is 1. The Morgan fingerprint density at radius 3 is 2.76 bits per heavy atom. The summed E-state index contributed by atoms with van der Waals surface area (Å²) in [6.45, 7) is 0. The van der Waals surface area contributed by atoms with Gasteiger partial charge in [-0.15, -0.1) is 0 Å². The summed E-state index contributed by atoms with van der Waals surface area (Å²) in [5, 5.41) is 9.87. The molecule has 2 heterocycles. The van der Waals surface area contributed by atoms with Crippen LogP contribution in [0.5, 0.6) is 5.75 Å². The number of benzene rings is 1. The molecule has 1 aromatic carbocycles. The van der Waals surface area contributed by atoms with Crippen molar-refractivity contribution in [3.8, 4) is 17.0 Å². The minimum atomic E-state index is -0.269. The first-order valence-corrected chi connectivity index (χ1v) is 7.72. The summed E-state index contributed by atoms with van der Waals surface area (Å²) in [7, 11) is 5.30. The summed E-state index contributed by atoms with van der Waals surface area (Å²) in [5.41, 5.74) is 2.11. The van der Waals surface area contributed by atoms with Gasteiger partial charge < -0.3 is 15.0 Å². The molecule has 3 aromatic rings. The second-order valence-corrected chi connectivity index (χ2v) is 5.59. The lowest BCUT2D eigenvalue weighted by molar-refractivity contribution is 0.102. The van der Waals surface area contributed by atoms with Crippen molar-refractivity contribution in [2.24, 2.45) is 0 Å². The van der Waals surface area contributed by atoms with E-state index in [2.05, 4.69) is 20.5 Å². The van der Waals surface area contributed by atoms with Crippen LogP contribution in [-0.4, -0.2) is 42.3 Å². The molecular formula is C18H19N5O2. The van der Waals surface area contributed by atoms with Crippen molar-refractivity contribution in [2.45, 2.75) is 0 Å². The fraction of sp³-hybridized carbons (Fsp3) is 0.167. The number of carbonyl (C=O) groups is 1. The highest BCUT2D eigenvalue weighted by atomic mass is 16.5. The second-order valence-electron chi connectivity index (χ2n) is 5.59. The molecule has 0 fully saturated rings. The van der Waals surface area contributed by atoms with Gasteiger partial charge in [0.15, 0.2) is 5.82 Å². The number of para-hydroxylation sites is 1. The summed E-state index contributed by atoms with van der Waals surface area (Å²) >= 11 is 0. The van der Waals surface area contributed by atoms with Crippen LogP contribution in [0.2, 0.25) is 0 Å². The Balaban J connectivity index is 1.84. The van der Waals surface area contributed by atoms with Gasteiger partial charge in [-0.25, -0.2) is 4.98 Å². The molecule has 2 N–H and O–H groups in total. The maximum absolute atomic E-state index is 12.6. The van der Waals surface area contributed by atoms with E-state index in [1.807, 2.05) is 38.4 Å². The predicted octanol–water partition coefficient (Wildman–Crippen LogP) is 2.80. The molecule has 0 aliphatic rings. The largest absolute Gasteiger partial charge is 0.496 e. The molecule has 0 aliphatic heterocycles. The van der Waals surface area contributed by atoms with Crippen molar-refractivity contribution in [3.63, 3.8) is 0 Å². The minimum Gasteiger partial charge on any atom is -0.496 e. The third kappa shape index (κ3) is 3.45. The molecule has 0 saturated heterocycles. The molecule has 3 rings (SSSR count). The zero-order chi connectivity index (χ0) is 17.8. The van der Waals surface area contributed by atoms with Gasteiger partial charge in [-0.2, -0.15) is 5.10 Å². The zero-order valence-electron chi connectivity index (χ0n) is 14.3. The van der Waals surface area contributed by atoms with Gasteiger partial charge in [0.25, 0.3) is 5.91 Å². The Hall–Kier alpha value is -3.35. The number of hydrogen-bond donors (Lipinski definition) is 2. The number of nitrogens with zero attached hydrogens (tertiary/aromatic N) is 3. The Bertz CT molecular complexity index is 888. The summed E-state index contributed by atoms with van der Waals surface area (Å²) in [4.78, 5) is 18.6. The van der Waals surface area contributed by atoms with E-state index in [-0.39, 0.29) is 5.91 Å². The molecule has 0 bridgehead atoms. The van der Waals surface area contributed by atoms with Crippen molar-refractivity contribution < 1.29 is 9.53 Å². The van der Waals surface area contributed by atoms with Crippen LogP contribution in [0, 0.1) is 0 Å². The van der Waals surface area contributed by atoms with Crippen LogP contribution < -0.4 is 15.0 Å². The van der Waals surface area contributed by atoms with Gasteiger partial charge in [0.05, 0.1) is 18.4 Å². The monoisotopic (exact) mass is 337 g/mol. The van der Waals surface area contributed by atoms with E-state index in [4.69, 9.17) is 4.74 Å². The Labute approximate surface area is 145 Å². The second kappa shape index (κ2) is 7.04. The van der Waals surface area contributed by atoms with Crippen molar-refractivity contribution in [2.75, 3.05) is 31.4 Å². The van der Waals surface area contributed by atoms with E-state index in [9.17, 15) is 4.79 Å². The predicted molar refractivity (Wildman–Crippen MR) is 97.1 cm³/mol. The molecule has 2 aromatic heterocycles. The van der Waals surface area contributed by atoms with Crippen LogP contribution in [0.3, 0.4) is 0 Å². The number of ether oxygens (including phenoxy) is 1. The third-order valence-electron chi connectivity index (χ3n) is 3.67. The molecule has 0 spiro atoms. The number of amides is 1. The molecule has 128 valence electrons. The highest BCUT2D eigenvalue weighted by Crippen LogP contribution is 2.29. The maximum atomic E-state index is 12.6. The molecule has 7 heteroatoms. The number of carbonyl (C=O) groups excluding carboxylic acids is 1. The summed E-state index contributed by atoms with van der Waals surface area (Å²) in [6.07, 6.45) is 1.65. The molecule has 0 radical (unpaired) electrons. The lowest BCUT2D eigenvalue weighted by atomic mass is 10.1. The van der Waals surface area contributed by atoms with E-state index in [1.165, 1.54) is 0 Å². The fourth-order valence-electron chi connectivity index (χ4n) is 2.51. The molecule has 0 unspecified atom stereocenters. The Morgan fingerprint density at radius 2 is 2.00 bits per heavy atom. The highest BCUT2D eigenvalue weighted by molar-refractivity contribution is 6.07. The number of aromatic amines is 1. The summed E-state index contributed by atoms with van der Waals surface area (Å²) in [5.74, 6) is 1.49. The van der Waals surface area contributed by atoms with Crippen LogP contribution in [0.25, 0.3) is 11.3 Å². The summed E-state index contributed by atoms with van der Waals surface area (Å²) < 4.78 is 5.35. The first-order chi connectivity index (χ1) is 12.1. The average molecular weight is 337 g/mol. The quantitative estimate of drug-likeness (QED) is 0.748.